The average Bonchev–Trinajstić information content (AvgIpc) is 2.94. The third-order valence-corrected chi connectivity index (χ3v) is 3.18. The molecule has 0 fully saturated rings. The van der Waals surface area contributed by atoms with Crippen LogP contribution in [0.5, 0.6) is 0 Å². The number of hydrogen-bond donors (Lipinski definition) is 2. The zero-order chi connectivity index (χ0) is 16.1. The van der Waals surface area contributed by atoms with Crippen LogP contribution in [0.3, 0.4) is 0 Å². The summed E-state index contributed by atoms with van der Waals surface area (Å²) in [5.41, 5.74) is 1.80. The van der Waals surface area contributed by atoms with Crippen molar-refractivity contribution in [3.05, 3.63) is 47.8 Å². The smallest absolute Gasteiger partial charge is 0.337 e. The van der Waals surface area contributed by atoms with Crippen LogP contribution < -0.4 is 10.6 Å². The molecule has 7 heteroatoms. The van der Waals surface area contributed by atoms with E-state index in [-0.39, 0.29) is 5.91 Å². The van der Waals surface area contributed by atoms with E-state index in [1.54, 1.807) is 55.4 Å². The van der Waals surface area contributed by atoms with Crippen LogP contribution in [-0.2, 0) is 16.6 Å². The molecule has 7 nitrogen and oxygen atoms in total. The van der Waals surface area contributed by atoms with Gasteiger partial charge in [-0.3, -0.25) is 9.48 Å². The van der Waals surface area contributed by atoms with E-state index in [9.17, 15) is 9.59 Å². The van der Waals surface area contributed by atoms with Crippen molar-refractivity contribution in [2.75, 3.05) is 19.5 Å². The predicted octanol–water partition coefficient (Wildman–Crippen LogP) is 1.11. The van der Waals surface area contributed by atoms with E-state index >= 15 is 0 Å². The van der Waals surface area contributed by atoms with Crippen molar-refractivity contribution in [1.82, 2.24) is 15.1 Å². The molecular weight excluding hydrogens is 284 g/mol. The van der Waals surface area contributed by atoms with E-state index < -0.39 is 12.0 Å². The molecule has 0 saturated heterocycles. The Morgan fingerprint density at radius 3 is 2.45 bits per heavy atom. The van der Waals surface area contributed by atoms with Crippen molar-refractivity contribution in [3.63, 3.8) is 0 Å². The summed E-state index contributed by atoms with van der Waals surface area (Å²) in [5, 5.41) is 9.81. The number of hydrogen-bond acceptors (Lipinski definition) is 5. The van der Waals surface area contributed by atoms with Crippen LogP contribution in [0.2, 0.25) is 0 Å². The fourth-order valence-electron chi connectivity index (χ4n) is 2.06. The summed E-state index contributed by atoms with van der Waals surface area (Å²) in [6.07, 6.45) is 3.42. The summed E-state index contributed by atoms with van der Waals surface area (Å²) in [6.45, 7) is 0. The first-order valence-corrected chi connectivity index (χ1v) is 6.70. The van der Waals surface area contributed by atoms with Gasteiger partial charge >= 0.3 is 5.97 Å². The molecule has 2 N–H and O–H groups in total. The molecule has 1 aromatic heterocycles. The van der Waals surface area contributed by atoms with Crippen molar-refractivity contribution < 1.29 is 14.3 Å². The summed E-state index contributed by atoms with van der Waals surface area (Å²) < 4.78 is 6.26. The Morgan fingerprint density at radius 1 is 1.27 bits per heavy atom. The highest BCUT2D eigenvalue weighted by Gasteiger charge is 2.20. The first-order chi connectivity index (χ1) is 10.5. The minimum Gasteiger partial charge on any atom is -0.465 e. The van der Waals surface area contributed by atoms with Gasteiger partial charge in [-0.25, -0.2) is 4.79 Å². The lowest BCUT2D eigenvalue weighted by Crippen LogP contribution is -2.30. The number of nitrogens with one attached hydrogen (secondary N) is 2. The normalized spacial score (nSPS) is 11.8. The molecule has 1 aromatic carbocycles. The molecule has 116 valence electrons. The standard InChI is InChI=1S/C15H18N4O3/c1-16-13(11-8-17-19(2)9-11)14(20)18-12-6-4-10(5-7-12)15(21)22-3/h4-9,13,16H,1-3H3,(H,18,20). The van der Waals surface area contributed by atoms with Crippen LogP contribution in [0, 0.1) is 0 Å². The van der Waals surface area contributed by atoms with E-state index in [0.717, 1.165) is 5.56 Å². The number of aromatic nitrogens is 2. The van der Waals surface area contributed by atoms with E-state index in [4.69, 9.17) is 0 Å². The molecule has 0 bridgehead atoms. The first-order valence-electron chi connectivity index (χ1n) is 6.70. The topological polar surface area (TPSA) is 85.2 Å². The summed E-state index contributed by atoms with van der Waals surface area (Å²) in [4.78, 5) is 23.7. The second kappa shape index (κ2) is 6.86. The van der Waals surface area contributed by atoms with Gasteiger partial charge in [-0.2, -0.15) is 5.10 Å². The maximum absolute atomic E-state index is 12.3. The molecule has 2 rings (SSSR count). The van der Waals surface area contributed by atoms with Crippen molar-refractivity contribution >= 4 is 17.6 Å². The fraction of sp³-hybridized carbons (Fsp3) is 0.267. The number of carbonyl (C=O) groups is 2. The lowest BCUT2D eigenvalue weighted by atomic mass is 10.1. The monoisotopic (exact) mass is 302 g/mol. The first kappa shape index (κ1) is 15.7. The number of anilines is 1. The molecule has 1 amide bonds. The van der Waals surface area contributed by atoms with Crippen LogP contribution in [0.4, 0.5) is 5.69 Å². The Hall–Kier alpha value is -2.67. The number of ether oxygens (including phenoxy) is 1. The van der Waals surface area contributed by atoms with Gasteiger partial charge < -0.3 is 15.4 Å². The molecule has 1 atom stereocenters. The SMILES string of the molecule is CNC(C(=O)Nc1ccc(C(=O)OC)cc1)c1cnn(C)c1. The minimum absolute atomic E-state index is 0.207. The number of likely N-dealkylation sites (N-methyl/N-ethyl adjacent to an activating group) is 1. The second-order valence-electron chi connectivity index (χ2n) is 4.73. The number of rotatable bonds is 5. The summed E-state index contributed by atoms with van der Waals surface area (Å²) in [7, 11) is 4.82. The van der Waals surface area contributed by atoms with Crippen LogP contribution in [-0.4, -0.2) is 35.8 Å². The molecule has 0 radical (unpaired) electrons. The number of esters is 1. The largest absolute Gasteiger partial charge is 0.465 e. The van der Waals surface area contributed by atoms with Crippen LogP contribution in [0.25, 0.3) is 0 Å². The van der Waals surface area contributed by atoms with E-state index in [1.807, 2.05) is 0 Å². The molecule has 0 aliphatic rings. The zero-order valence-electron chi connectivity index (χ0n) is 12.7. The van der Waals surface area contributed by atoms with E-state index in [1.165, 1.54) is 7.11 Å². The predicted molar refractivity (Wildman–Crippen MR) is 81.4 cm³/mol. The maximum atomic E-state index is 12.3. The van der Waals surface area contributed by atoms with E-state index in [2.05, 4.69) is 20.5 Å². The van der Waals surface area contributed by atoms with Crippen molar-refractivity contribution in [1.29, 1.82) is 0 Å². The van der Waals surface area contributed by atoms with E-state index in [0.29, 0.717) is 11.3 Å². The molecule has 2 aromatic rings. The number of amides is 1. The Labute approximate surface area is 128 Å². The van der Waals surface area contributed by atoms with Crippen LogP contribution in [0.15, 0.2) is 36.7 Å². The Balaban J connectivity index is 2.08. The highest BCUT2D eigenvalue weighted by atomic mass is 16.5. The molecule has 1 heterocycles. The fourth-order valence-corrected chi connectivity index (χ4v) is 2.06. The third kappa shape index (κ3) is 3.50. The molecule has 1 unspecified atom stereocenters. The van der Waals surface area contributed by atoms with Gasteiger partial charge in [-0.15, -0.1) is 0 Å². The van der Waals surface area contributed by atoms with Crippen molar-refractivity contribution in [3.8, 4) is 0 Å². The average molecular weight is 302 g/mol. The number of benzene rings is 1. The number of nitrogens with zero attached hydrogens (tertiary/aromatic N) is 2. The van der Waals surface area contributed by atoms with Crippen LogP contribution >= 0.6 is 0 Å². The summed E-state index contributed by atoms with van der Waals surface area (Å²) in [5.74, 6) is -0.623. The van der Waals surface area contributed by atoms with Gasteiger partial charge in [0.25, 0.3) is 0 Å². The quantitative estimate of drug-likeness (QED) is 0.808. The highest BCUT2D eigenvalue weighted by Crippen LogP contribution is 2.16. The van der Waals surface area contributed by atoms with Gasteiger partial charge in [0.05, 0.1) is 18.9 Å². The summed E-state index contributed by atoms with van der Waals surface area (Å²) in [6, 6.07) is 5.99. The molecular formula is C15H18N4O3. The van der Waals surface area contributed by atoms with Gasteiger partial charge in [0.1, 0.15) is 6.04 Å². The van der Waals surface area contributed by atoms with Gasteiger partial charge in [0.2, 0.25) is 5.91 Å². The number of aryl methyl sites for hydroxylation is 1. The second-order valence-corrected chi connectivity index (χ2v) is 4.73. The Bertz CT molecular complexity index is 664. The van der Waals surface area contributed by atoms with Crippen LogP contribution in [0.1, 0.15) is 22.0 Å². The lowest BCUT2D eigenvalue weighted by Gasteiger charge is -2.14. The molecule has 22 heavy (non-hydrogen) atoms. The molecule has 0 saturated carbocycles. The van der Waals surface area contributed by atoms with Gasteiger partial charge in [0, 0.05) is 24.5 Å². The van der Waals surface area contributed by atoms with Gasteiger partial charge in [-0.05, 0) is 31.3 Å². The van der Waals surface area contributed by atoms with Crippen molar-refractivity contribution in [2.45, 2.75) is 6.04 Å². The Kier molecular flexibility index (Phi) is 4.90. The van der Waals surface area contributed by atoms with Gasteiger partial charge in [-0.1, -0.05) is 0 Å². The molecule has 0 aliphatic carbocycles. The maximum Gasteiger partial charge on any atom is 0.337 e. The minimum atomic E-state index is -0.506. The Morgan fingerprint density at radius 2 is 1.95 bits per heavy atom. The number of methoxy groups -OCH3 is 1. The third-order valence-electron chi connectivity index (χ3n) is 3.18. The summed E-state index contributed by atoms with van der Waals surface area (Å²) >= 11 is 0. The number of carbonyl (C=O) groups excluding carboxylic acids is 2. The molecule has 0 spiro atoms. The highest BCUT2D eigenvalue weighted by molar-refractivity contribution is 5.96. The van der Waals surface area contributed by atoms with Crippen molar-refractivity contribution in [2.24, 2.45) is 7.05 Å². The molecule has 0 aliphatic heterocycles. The lowest BCUT2D eigenvalue weighted by molar-refractivity contribution is -0.118. The van der Waals surface area contributed by atoms with Gasteiger partial charge in [0.15, 0.2) is 0 Å². The zero-order valence-corrected chi connectivity index (χ0v) is 12.7.